The molecular formula is C20H21FN4S. The summed E-state index contributed by atoms with van der Waals surface area (Å²) in [4.78, 5) is 5.79. The number of benzene rings is 2. The Morgan fingerprint density at radius 3 is 2.62 bits per heavy atom. The number of halogens is 1. The van der Waals surface area contributed by atoms with Crippen molar-refractivity contribution in [3.63, 3.8) is 0 Å². The maximum atomic E-state index is 13.5. The van der Waals surface area contributed by atoms with Crippen LogP contribution >= 0.6 is 11.5 Å². The second kappa shape index (κ2) is 7.51. The first kappa shape index (κ1) is 17.1. The molecule has 0 atom stereocenters. The number of aryl methyl sites for hydroxylation is 1. The minimum absolute atomic E-state index is 0.228. The highest BCUT2D eigenvalue weighted by Crippen LogP contribution is 2.28. The monoisotopic (exact) mass is 368 g/mol. The van der Waals surface area contributed by atoms with E-state index in [0.29, 0.717) is 0 Å². The van der Waals surface area contributed by atoms with Gasteiger partial charge in [0.15, 0.2) is 0 Å². The highest BCUT2D eigenvalue weighted by molar-refractivity contribution is 7.09. The molecule has 2 aromatic carbocycles. The number of hydrogen-bond donors (Lipinski definition) is 0. The van der Waals surface area contributed by atoms with E-state index >= 15 is 0 Å². The van der Waals surface area contributed by atoms with Gasteiger partial charge in [0.2, 0.25) is 0 Å². The van der Waals surface area contributed by atoms with Crippen LogP contribution in [0.5, 0.6) is 0 Å². The third-order valence-electron chi connectivity index (χ3n) is 4.76. The van der Waals surface area contributed by atoms with Crippen LogP contribution in [-0.4, -0.2) is 40.7 Å². The Labute approximate surface area is 157 Å². The van der Waals surface area contributed by atoms with E-state index in [-0.39, 0.29) is 5.82 Å². The molecule has 4 rings (SSSR count). The predicted octanol–water partition coefficient (Wildman–Crippen LogP) is 3.97. The Morgan fingerprint density at radius 1 is 1.04 bits per heavy atom. The van der Waals surface area contributed by atoms with Crippen LogP contribution in [0.3, 0.4) is 0 Å². The van der Waals surface area contributed by atoms with Crippen molar-refractivity contribution in [2.45, 2.75) is 13.5 Å². The predicted molar refractivity (Wildman–Crippen MR) is 104 cm³/mol. The van der Waals surface area contributed by atoms with E-state index in [1.54, 1.807) is 12.1 Å². The second-order valence-corrected chi connectivity index (χ2v) is 7.42. The van der Waals surface area contributed by atoms with E-state index in [0.717, 1.165) is 48.9 Å². The van der Waals surface area contributed by atoms with Crippen molar-refractivity contribution in [3.8, 4) is 10.4 Å². The number of anilines is 1. The summed E-state index contributed by atoms with van der Waals surface area (Å²) in [6, 6.07) is 15.3. The molecule has 134 valence electrons. The Bertz CT molecular complexity index is 887. The van der Waals surface area contributed by atoms with Crippen molar-refractivity contribution in [1.29, 1.82) is 0 Å². The smallest absolute Gasteiger partial charge is 0.123 e. The summed E-state index contributed by atoms with van der Waals surface area (Å²) in [5.74, 6) is -0.228. The van der Waals surface area contributed by atoms with Gasteiger partial charge in [-0.1, -0.05) is 28.8 Å². The van der Waals surface area contributed by atoms with E-state index < -0.39 is 0 Å². The van der Waals surface area contributed by atoms with Gasteiger partial charge >= 0.3 is 0 Å². The highest BCUT2D eigenvalue weighted by Gasteiger charge is 2.20. The molecule has 0 saturated carbocycles. The Hall–Kier alpha value is -2.31. The molecule has 0 spiro atoms. The van der Waals surface area contributed by atoms with Gasteiger partial charge in [0, 0.05) is 38.4 Å². The fourth-order valence-electron chi connectivity index (χ4n) is 3.36. The summed E-state index contributed by atoms with van der Waals surface area (Å²) in [7, 11) is 0. The molecule has 1 fully saturated rings. The van der Waals surface area contributed by atoms with Crippen LogP contribution < -0.4 is 4.90 Å². The molecule has 2 heterocycles. The van der Waals surface area contributed by atoms with Crippen LogP contribution in [0.4, 0.5) is 10.1 Å². The van der Waals surface area contributed by atoms with Gasteiger partial charge in [0.05, 0.1) is 10.6 Å². The molecule has 4 nitrogen and oxygen atoms in total. The summed E-state index contributed by atoms with van der Waals surface area (Å²) >= 11 is 1.33. The van der Waals surface area contributed by atoms with Crippen LogP contribution in [-0.2, 0) is 6.54 Å². The Balaban J connectivity index is 1.42. The lowest BCUT2D eigenvalue weighted by molar-refractivity contribution is 0.247. The average Bonchev–Trinajstić information content (AvgIpc) is 3.10. The zero-order valence-corrected chi connectivity index (χ0v) is 15.5. The van der Waals surface area contributed by atoms with Crippen molar-refractivity contribution < 1.29 is 4.39 Å². The van der Waals surface area contributed by atoms with Crippen molar-refractivity contribution in [2.75, 3.05) is 31.1 Å². The van der Waals surface area contributed by atoms with Crippen LogP contribution in [0.1, 0.15) is 11.3 Å². The van der Waals surface area contributed by atoms with E-state index in [9.17, 15) is 4.39 Å². The summed E-state index contributed by atoms with van der Waals surface area (Å²) < 4.78 is 17.6. The van der Waals surface area contributed by atoms with Gasteiger partial charge in [-0.3, -0.25) is 4.90 Å². The van der Waals surface area contributed by atoms with Crippen molar-refractivity contribution in [1.82, 2.24) is 14.5 Å². The van der Waals surface area contributed by atoms with Gasteiger partial charge in [-0.2, -0.15) is 0 Å². The molecule has 0 bridgehead atoms. The fraction of sp³-hybridized carbons (Fsp3) is 0.300. The lowest BCUT2D eigenvalue weighted by atomic mass is 10.1. The molecule has 0 aliphatic carbocycles. The van der Waals surface area contributed by atoms with E-state index in [1.807, 2.05) is 6.07 Å². The first-order valence-corrected chi connectivity index (χ1v) is 9.57. The highest BCUT2D eigenvalue weighted by atomic mass is 32.1. The second-order valence-electron chi connectivity index (χ2n) is 6.66. The molecule has 0 amide bonds. The first-order chi connectivity index (χ1) is 12.7. The average molecular weight is 368 g/mol. The topological polar surface area (TPSA) is 32.3 Å². The number of aromatic nitrogens is 2. The Morgan fingerprint density at radius 2 is 1.85 bits per heavy atom. The van der Waals surface area contributed by atoms with Crippen molar-refractivity contribution in [3.05, 3.63) is 65.6 Å². The number of rotatable bonds is 4. The molecule has 6 heteroatoms. The summed E-state index contributed by atoms with van der Waals surface area (Å²) in [5.41, 5.74) is 4.37. The van der Waals surface area contributed by atoms with Gasteiger partial charge in [0.1, 0.15) is 5.82 Å². The number of nitrogens with zero attached hydrogens (tertiary/aromatic N) is 4. The van der Waals surface area contributed by atoms with E-state index in [4.69, 9.17) is 0 Å². The molecule has 1 aliphatic heterocycles. The lowest BCUT2D eigenvalue weighted by Crippen LogP contribution is -2.46. The minimum Gasteiger partial charge on any atom is -0.369 e. The third-order valence-corrected chi connectivity index (χ3v) is 5.57. The largest absolute Gasteiger partial charge is 0.369 e. The molecule has 26 heavy (non-hydrogen) atoms. The molecule has 1 aliphatic rings. The van der Waals surface area contributed by atoms with Crippen LogP contribution in [0.25, 0.3) is 10.4 Å². The van der Waals surface area contributed by atoms with Crippen molar-refractivity contribution >= 4 is 17.2 Å². The van der Waals surface area contributed by atoms with Crippen LogP contribution in [0.2, 0.25) is 0 Å². The van der Waals surface area contributed by atoms with E-state index in [2.05, 4.69) is 50.6 Å². The third kappa shape index (κ3) is 3.76. The molecule has 3 aromatic rings. The number of hydrogen-bond acceptors (Lipinski definition) is 5. The zero-order chi connectivity index (χ0) is 17.9. The maximum absolute atomic E-state index is 13.5. The Kier molecular flexibility index (Phi) is 4.95. The normalized spacial score (nSPS) is 15.4. The van der Waals surface area contributed by atoms with Crippen LogP contribution in [0, 0.1) is 12.7 Å². The first-order valence-electron chi connectivity index (χ1n) is 8.80. The lowest BCUT2D eigenvalue weighted by Gasteiger charge is -2.36. The summed E-state index contributed by atoms with van der Waals surface area (Å²) in [5, 5.41) is 4.30. The van der Waals surface area contributed by atoms with Gasteiger partial charge in [-0.15, -0.1) is 5.10 Å². The number of piperazine rings is 1. The SMILES string of the molecule is Cc1cccc(N2CCN(Cc3nnsc3-c3cccc(F)c3)CC2)c1. The van der Waals surface area contributed by atoms with Gasteiger partial charge in [-0.05, 0) is 53.8 Å². The maximum Gasteiger partial charge on any atom is 0.123 e. The van der Waals surface area contributed by atoms with Gasteiger partial charge in [-0.25, -0.2) is 4.39 Å². The van der Waals surface area contributed by atoms with Crippen molar-refractivity contribution in [2.24, 2.45) is 0 Å². The van der Waals surface area contributed by atoms with E-state index in [1.165, 1.54) is 28.8 Å². The molecule has 0 N–H and O–H groups in total. The summed E-state index contributed by atoms with van der Waals surface area (Å²) in [6.07, 6.45) is 0. The standard InChI is InChI=1S/C20H21FN4S/c1-15-4-2-7-18(12-15)25-10-8-24(9-11-25)14-19-20(26-23-22-19)16-5-3-6-17(21)13-16/h2-7,12-13H,8-11,14H2,1H3. The van der Waals surface area contributed by atoms with Gasteiger partial charge < -0.3 is 4.90 Å². The fourth-order valence-corrected chi connectivity index (χ4v) is 4.03. The molecule has 1 aromatic heterocycles. The molecular weight excluding hydrogens is 347 g/mol. The molecule has 0 radical (unpaired) electrons. The minimum atomic E-state index is -0.228. The summed E-state index contributed by atoms with van der Waals surface area (Å²) in [6.45, 7) is 6.84. The van der Waals surface area contributed by atoms with Gasteiger partial charge in [0.25, 0.3) is 0 Å². The molecule has 1 saturated heterocycles. The zero-order valence-electron chi connectivity index (χ0n) is 14.7. The molecule has 0 unspecified atom stereocenters. The quantitative estimate of drug-likeness (QED) is 0.697. The van der Waals surface area contributed by atoms with Crippen LogP contribution in [0.15, 0.2) is 48.5 Å².